The van der Waals surface area contributed by atoms with Crippen molar-refractivity contribution in [3.63, 3.8) is 0 Å². The van der Waals surface area contributed by atoms with Crippen LogP contribution in [0.3, 0.4) is 0 Å². The number of amides is 2. The monoisotopic (exact) mass is 535 g/mol. The van der Waals surface area contributed by atoms with E-state index in [1.54, 1.807) is 0 Å². The van der Waals surface area contributed by atoms with Crippen molar-refractivity contribution in [3.8, 4) is 11.4 Å². The van der Waals surface area contributed by atoms with Crippen molar-refractivity contribution >= 4 is 28.6 Å². The third kappa shape index (κ3) is 3.88. The summed E-state index contributed by atoms with van der Waals surface area (Å²) in [7, 11) is 0. The Kier molecular flexibility index (Phi) is 5.29. The standard InChI is InChI=1S/C23H18F5N7O3/c24-11-3-15(25)20-30-6-18(33(20)7-11)19-14-5-29-16(4-17(14)34(31-19)10-23(26,27)28)21(36)32-8-12-1-2-13(9-32)35(12)22(37)38/h3-7,12-13H,1-2,8-10H2,(H,37,38). The van der Waals surface area contributed by atoms with Crippen molar-refractivity contribution in [2.45, 2.75) is 37.6 Å². The number of carbonyl (C=O) groups excluding carboxylic acids is 1. The molecule has 1 N–H and O–H groups in total. The molecule has 4 aromatic heterocycles. The van der Waals surface area contributed by atoms with E-state index in [1.165, 1.54) is 22.1 Å². The van der Waals surface area contributed by atoms with E-state index < -0.39 is 36.4 Å². The summed E-state index contributed by atoms with van der Waals surface area (Å²) in [5.74, 6) is -2.43. The third-order valence-electron chi connectivity index (χ3n) is 6.94. The van der Waals surface area contributed by atoms with Crippen LogP contribution in [0.2, 0.25) is 0 Å². The largest absolute Gasteiger partial charge is 0.465 e. The Hall–Kier alpha value is -4.30. The molecule has 6 rings (SSSR count). The molecule has 38 heavy (non-hydrogen) atoms. The number of fused-ring (bicyclic) bond motifs is 4. The second-order valence-electron chi connectivity index (χ2n) is 9.34. The number of imidazole rings is 1. The normalized spacial score (nSPS) is 19.6. The van der Waals surface area contributed by atoms with Gasteiger partial charge in [0, 0.05) is 36.9 Å². The molecule has 2 aliphatic heterocycles. The first-order valence-electron chi connectivity index (χ1n) is 11.6. The number of carboxylic acid groups (broad SMARTS) is 1. The van der Waals surface area contributed by atoms with Crippen molar-refractivity contribution in [1.82, 2.24) is 33.9 Å². The van der Waals surface area contributed by atoms with Crippen LogP contribution in [0.1, 0.15) is 23.3 Å². The number of alkyl halides is 3. The zero-order valence-electron chi connectivity index (χ0n) is 19.4. The van der Waals surface area contributed by atoms with Crippen LogP contribution >= 0.6 is 0 Å². The van der Waals surface area contributed by atoms with Crippen molar-refractivity contribution < 1.29 is 36.6 Å². The Balaban J connectivity index is 1.42. The number of nitrogens with zero attached hydrogens (tertiary/aromatic N) is 7. The molecule has 6 heterocycles. The predicted molar refractivity (Wildman–Crippen MR) is 120 cm³/mol. The smallest absolute Gasteiger partial charge is 0.408 e. The number of halogens is 5. The van der Waals surface area contributed by atoms with E-state index in [0.717, 1.165) is 16.8 Å². The maximum atomic E-state index is 14.2. The average Bonchev–Trinajstić information content (AvgIpc) is 3.49. The Morgan fingerprint density at radius 3 is 2.42 bits per heavy atom. The van der Waals surface area contributed by atoms with E-state index >= 15 is 0 Å². The first kappa shape index (κ1) is 24.1. The van der Waals surface area contributed by atoms with Crippen LogP contribution in [-0.2, 0) is 6.54 Å². The van der Waals surface area contributed by atoms with Crippen LogP contribution in [0.15, 0.2) is 30.7 Å². The summed E-state index contributed by atoms with van der Waals surface area (Å²) in [5, 5.41) is 13.6. The number of hydrogen-bond acceptors (Lipinski definition) is 5. The summed E-state index contributed by atoms with van der Waals surface area (Å²) < 4.78 is 70.0. The Morgan fingerprint density at radius 1 is 1.05 bits per heavy atom. The molecule has 0 spiro atoms. The molecule has 0 aliphatic carbocycles. The number of likely N-dealkylation sites (tertiary alicyclic amines) is 1. The zero-order valence-corrected chi connectivity index (χ0v) is 19.4. The fourth-order valence-electron chi connectivity index (χ4n) is 5.40. The van der Waals surface area contributed by atoms with Crippen molar-refractivity contribution in [2.75, 3.05) is 13.1 Å². The minimum Gasteiger partial charge on any atom is -0.465 e. The maximum Gasteiger partial charge on any atom is 0.408 e. The molecule has 2 aliphatic rings. The lowest BCUT2D eigenvalue weighted by Crippen LogP contribution is -2.56. The fourth-order valence-corrected chi connectivity index (χ4v) is 5.40. The second kappa shape index (κ2) is 8.36. The predicted octanol–water partition coefficient (Wildman–Crippen LogP) is 3.55. The van der Waals surface area contributed by atoms with E-state index in [9.17, 15) is 36.6 Å². The van der Waals surface area contributed by atoms with Gasteiger partial charge in [0.05, 0.1) is 29.5 Å². The van der Waals surface area contributed by atoms with Gasteiger partial charge < -0.3 is 10.0 Å². The summed E-state index contributed by atoms with van der Waals surface area (Å²) in [6.45, 7) is -1.19. The summed E-state index contributed by atoms with van der Waals surface area (Å²) in [6.07, 6.45) is -1.21. The quantitative estimate of drug-likeness (QED) is 0.402. The molecule has 2 fully saturated rings. The molecule has 0 saturated carbocycles. The zero-order chi connectivity index (χ0) is 26.9. The maximum absolute atomic E-state index is 14.2. The fraction of sp³-hybridized carbons (Fsp3) is 0.348. The lowest BCUT2D eigenvalue weighted by molar-refractivity contribution is -0.141. The van der Waals surface area contributed by atoms with E-state index in [2.05, 4.69) is 15.1 Å². The van der Waals surface area contributed by atoms with Crippen molar-refractivity contribution in [3.05, 3.63) is 48.1 Å². The first-order chi connectivity index (χ1) is 18.0. The van der Waals surface area contributed by atoms with E-state index in [1.807, 2.05) is 0 Å². The number of hydrogen-bond donors (Lipinski definition) is 1. The van der Waals surface area contributed by atoms with Crippen LogP contribution < -0.4 is 0 Å². The topological polar surface area (TPSA) is 109 Å². The highest BCUT2D eigenvalue weighted by atomic mass is 19.4. The molecule has 10 nitrogen and oxygen atoms in total. The molecule has 2 atom stereocenters. The molecular formula is C23H18F5N7O3. The highest BCUT2D eigenvalue weighted by molar-refractivity contribution is 5.99. The molecule has 4 aromatic rings. The van der Waals surface area contributed by atoms with Gasteiger partial charge in [-0.2, -0.15) is 18.3 Å². The van der Waals surface area contributed by atoms with Crippen LogP contribution in [0.25, 0.3) is 27.9 Å². The minimum atomic E-state index is -4.66. The molecule has 0 aromatic carbocycles. The average molecular weight is 535 g/mol. The van der Waals surface area contributed by atoms with E-state index in [0.29, 0.717) is 23.6 Å². The number of carbonyl (C=O) groups is 2. The number of rotatable bonds is 3. The molecule has 2 amide bonds. The summed E-state index contributed by atoms with van der Waals surface area (Å²) in [5.41, 5.74) is -0.455. The van der Waals surface area contributed by atoms with Gasteiger partial charge in [0.1, 0.15) is 23.7 Å². The van der Waals surface area contributed by atoms with Crippen molar-refractivity contribution in [1.29, 1.82) is 0 Å². The minimum absolute atomic E-state index is 0.0339. The molecule has 2 unspecified atom stereocenters. The van der Waals surface area contributed by atoms with Crippen LogP contribution in [-0.4, -0.2) is 82.4 Å². The van der Waals surface area contributed by atoms with Gasteiger partial charge >= 0.3 is 12.3 Å². The summed E-state index contributed by atoms with van der Waals surface area (Å²) >= 11 is 0. The first-order valence-corrected chi connectivity index (χ1v) is 11.6. The highest BCUT2D eigenvalue weighted by Crippen LogP contribution is 2.33. The van der Waals surface area contributed by atoms with Gasteiger partial charge in [-0.15, -0.1) is 0 Å². The molecular weight excluding hydrogens is 517 g/mol. The molecule has 0 radical (unpaired) electrons. The lowest BCUT2D eigenvalue weighted by Gasteiger charge is -2.39. The SMILES string of the molecule is O=C(c1cc2c(cn1)c(-c1cnc3c(F)cc(F)cn13)nn2CC(F)(F)F)N1CC2CCC(C1)N2C(=O)O. The summed E-state index contributed by atoms with van der Waals surface area (Å²) in [4.78, 5) is 35.7. The molecule has 2 bridgehead atoms. The van der Waals surface area contributed by atoms with Gasteiger partial charge in [0.2, 0.25) is 0 Å². The number of aromatic nitrogens is 5. The van der Waals surface area contributed by atoms with Gasteiger partial charge in [-0.25, -0.2) is 18.6 Å². The number of piperazine rings is 1. The Labute approximate surface area is 209 Å². The van der Waals surface area contributed by atoms with Gasteiger partial charge in [0.25, 0.3) is 5.91 Å². The molecule has 2 saturated heterocycles. The Bertz CT molecular complexity index is 1600. The van der Waals surface area contributed by atoms with Crippen LogP contribution in [0.4, 0.5) is 26.7 Å². The van der Waals surface area contributed by atoms with Gasteiger partial charge in [-0.05, 0) is 18.9 Å². The Morgan fingerprint density at radius 2 is 1.76 bits per heavy atom. The van der Waals surface area contributed by atoms with Gasteiger partial charge in [-0.1, -0.05) is 0 Å². The highest BCUT2D eigenvalue weighted by Gasteiger charge is 2.44. The lowest BCUT2D eigenvalue weighted by atomic mass is 10.1. The number of pyridine rings is 2. The summed E-state index contributed by atoms with van der Waals surface area (Å²) in [6, 6.07) is 1.10. The van der Waals surface area contributed by atoms with E-state index in [4.69, 9.17) is 0 Å². The van der Waals surface area contributed by atoms with E-state index in [-0.39, 0.29) is 58.8 Å². The third-order valence-corrected chi connectivity index (χ3v) is 6.94. The van der Waals surface area contributed by atoms with Gasteiger partial charge in [0.15, 0.2) is 11.5 Å². The molecule has 198 valence electrons. The second-order valence-corrected chi connectivity index (χ2v) is 9.34. The molecule has 15 heteroatoms. The van der Waals surface area contributed by atoms with Crippen LogP contribution in [0, 0.1) is 11.6 Å². The van der Waals surface area contributed by atoms with Crippen LogP contribution in [0.5, 0.6) is 0 Å². The van der Waals surface area contributed by atoms with Gasteiger partial charge in [-0.3, -0.25) is 23.8 Å². The van der Waals surface area contributed by atoms with Crippen molar-refractivity contribution in [2.24, 2.45) is 0 Å².